The van der Waals surface area contributed by atoms with Gasteiger partial charge in [-0.2, -0.15) is 0 Å². The fraction of sp³-hybridized carbons (Fsp3) is 0.500. The van der Waals surface area contributed by atoms with Crippen molar-refractivity contribution in [3.8, 4) is 0 Å². The Morgan fingerprint density at radius 3 is 2.94 bits per heavy atom. The molecule has 3 rings (SSSR count). The number of rotatable bonds is 2. The van der Waals surface area contributed by atoms with Crippen LogP contribution in [-0.4, -0.2) is 32.9 Å². The predicted molar refractivity (Wildman–Crippen MR) is 62.5 cm³/mol. The fourth-order valence-corrected chi connectivity index (χ4v) is 2.30. The maximum atomic E-state index is 9.04. The quantitative estimate of drug-likeness (QED) is 0.848. The van der Waals surface area contributed by atoms with E-state index >= 15 is 0 Å². The second-order valence-electron chi connectivity index (χ2n) is 4.30. The van der Waals surface area contributed by atoms with Crippen LogP contribution in [0, 0.1) is 0 Å². The smallest absolute Gasteiger partial charge is 0.177 e. The first-order chi connectivity index (χ1) is 8.38. The lowest BCUT2D eigenvalue weighted by atomic mass is 10.1. The molecule has 90 valence electrons. The second-order valence-corrected chi connectivity index (χ2v) is 4.30. The zero-order valence-electron chi connectivity index (χ0n) is 9.54. The van der Waals surface area contributed by atoms with Crippen molar-refractivity contribution in [2.24, 2.45) is 0 Å². The maximum Gasteiger partial charge on any atom is 0.177 e. The van der Waals surface area contributed by atoms with Crippen molar-refractivity contribution in [1.82, 2.24) is 14.5 Å². The average Bonchev–Trinajstić information content (AvgIpc) is 2.82. The van der Waals surface area contributed by atoms with Gasteiger partial charge >= 0.3 is 0 Å². The van der Waals surface area contributed by atoms with Gasteiger partial charge in [-0.15, -0.1) is 0 Å². The first-order valence-corrected chi connectivity index (χ1v) is 5.89. The summed E-state index contributed by atoms with van der Waals surface area (Å²) >= 11 is 0. The van der Waals surface area contributed by atoms with Crippen LogP contribution in [0.25, 0.3) is 11.2 Å². The molecule has 0 bridgehead atoms. The van der Waals surface area contributed by atoms with E-state index in [0.717, 1.165) is 31.6 Å². The van der Waals surface area contributed by atoms with E-state index in [1.165, 1.54) is 0 Å². The van der Waals surface area contributed by atoms with Crippen molar-refractivity contribution in [2.75, 3.05) is 13.2 Å². The lowest BCUT2D eigenvalue weighted by Gasteiger charge is -2.23. The highest BCUT2D eigenvalue weighted by Crippen LogP contribution is 2.24. The Bertz CT molecular complexity index is 517. The minimum atomic E-state index is -0.0416. The van der Waals surface area contributed by atoms with Gasteiger partial charge in [-0.05, 0) is 25.0 Å². The van der Waals surface area contributed by atoms with E-state index in [2.05, 4.69) is 14.5 Å². The number of pyridine rings is 1. The van der Waals surface area contributed by atoms with E-state index in [9.17, 15) is 0 Å². The van der Waals surface area contributed by atoms with Gasteiger partial charge in [0.1, 0.15) is 0 Å². The standard InChI is InChI=1S/C12H15N3O2/c16-7-9-1-2-11-12(14-9)13-8-15(11)10-3-5-17-6-4-10/h1-2,8,10,16H,3-7H2. The normalized spacial score (nSPS) is 17.7. The molecule has 1 N–H and O–H groups in total. The third-order valence-corrected chi connectivity index (χ3v) is 3.24. The van der Waals surface area contributed by atoms with Crippen LogP contribution in [0.4, 0.5) is 0 Å². The molecule has 1 fully saturated rings. The van der Waals surface area contributed by atoms with E-state index in [-0.39, 0.29) is 6.61 Å². The van der Waals surface area contributed by atoms with Gasteiger partial charge in [0.15, 0.2) is 5.65 Å². The van der Waals surface area contributed by atoms with Gasteiger partial charge in [0, 0.05) is 19.3 Å². The number of hydrogen-bond donors (Lipinski definition) is 1. The number of nitrogens with zero attached hydrogens (tertiary/aromatic N) is 3. The molecular formula is C12H15N3O2. The number of ether oxygens (including phenoxy) is 1. The molecule has 17 heavy (non-hydrogen) atoms. The van der Waals surface area contributed by atoms with E-state index in [1.807, 2.05) is 18.5 Å². The molecule has 0 radical (unpaired) electrons. The molecule has 5 heteroatoms. The summed E-state index contributed by atoms with van der Waals surface area (Å²) in [5.41, 5.74) is 2.41. The summed E-state index contributed by atoms with van der Waals surface area (Å²) < 4.78 is 7.54. The van der Waals surface area contributed by atoms with Crippen LogP contribution >= 0.6 is 0 Å². The van der Waals surface area contributed by atoms with E-state index in [1.54, 1.807) is 0 Å². The van der Waals surface area contributed by atoms with Crippen molar-refractivity contribution in [2.45, 2.75) is 25.5 Å². The van der Waals surface area contributed by atoms with Gasteiger partial charge in [0.25, 0.3) is 0 Å². The van der Waals surface area contributed by atoms with Crippen LogP contribution in [0.1, 0.15) is 24.6 Å². The molecule has 1 saturated heterocycles. The molecule has 0 aromatic carbocycles. The third kappa shape index (κ3) is 1.92. The van der Waals surface area contributed by atoms with Crippen LogP contribution in [0.2, 0.25) is 0 Å². The summed E-state index contributed by atoms with van der Waals surface area (Å²) in [6.45, 7) is 1.58. The van der Waals surface area contributed by atoms with Crippen molar-refractivity contribution < 1.29 is 9.84 Å². The van der Waals surface area contributed by atoms with E-state index in [4.69, 9.17) is 9.84 Å². The largest absolute Gasteiger partial charge is 0.390 e. The summed E-state index contributed by atoms with van der Waals surface area (Å²) in [7, 11) is 0. The first-order valence-electron chi connectivity index (χ1n) is 5.89. The Morgan fingerprint density at radius 1 is 1.35 bits per heavy atom. The monoisotopic (exact) mass is 233 g/mol. The molecule has 3 heterocycles. The van der Waals surface area contributed by atoms with Crippen LogP contribution in [-0.2, 0) is 11.3 Å². The third-order valence-electron chi connectivity index (χ3n) is 3.24. The summed E-state index contributed by atoms with van der Waals surface area (Å²) in [4.78, 5) is 8.60. The highest BCUT2D eigenvalue weighted by atomic mass is 16.5. The van der Waals surface area contributed by atoms with Crippen molar-refractivity contribution in [3.63, 3.8) is 0 Å². The molecule has 5 nitrogen and oxygen atoms in total. The minimum Gasteiger partial charge on any atom is -0.390 e. The second kappa shape index (κ2) is 4.43. The number of hydrogen-bond acceptors (Lipinski definition) is 4. The van der Waals surface area contributed by atoms with E-state index < -0.39 is 0 Å². The van der Waals surface area contributed by atoms with Gasteiger partial charge in [0.05, 0.1) is 24.1 Å². The van der Waals surface area contributed by atoms with Gasteiger partial charge in [-0.3, -0.25) is 0 Å². The van der Waals surface area contributed by atoms with Crippen LogP contribution in [0.3, 0.4) is 0 Å². The van der Waals surface area contributed by atoms with Crippen molar-refractivity contribution >= 4 is 11.2 Å². The zero-order valence-corrected chi connectivity index (χ0v) is 9.54. The van der Waals surface area contributed by atoms with Gasteiger partial charge in [0.2, 0.25) is 0 Å². The molecule has 2 aromatic heterocycles. The predicted octanol–water partition coefficient (Wildman–Crippen LogP) is 1.28. The molecular weight excluding hydrogens is 218 g/mol. The number of aliphatic hydroxyl groups excluding tert-OH is 1. The molecule has 0 unspecified atom stereocenters. The Kier molecular flexibility index (Phi) is 2.78. The van der Waals surface area contributed by atoms with E-state index in [0.29, 0.717) is 17.4 Å². The first kappa shape index (κ1) is 10.7. The lowest BCUT2D eigenvalue weighted by Crippen LogP contribution is -2.18. The lowest BCUT2D eigenvalue weighted by molar-refractivity contribution is 0.0706. The Morgan fingerprint density at radius 2 is 2.18 bits per heavy atom. The molecule has 0 saturated carbocycles. The molecule has 1 aliphatic heterocycles. The van der Waals surface area contributed by atoms with Crippen LogP contribution in [0.15, 0.2) is 18.5 Å². The summed E-state index contributed by atoms with van der Waals surface area (Å²) in [6.07, 6.45) is 3.88. The summed E-state index contributed by atoms with van der Waals surface area (Å²) in [5.74, 6) is 0. The van der Waals surface area contributed by atoms with Gasteiger partial charge < -0.3 is 14.4 Å². The zero-order chi connectivity index (χ0) is 11.7. The Balaban J connectivity index is 1.99. The number of aliphatic hydroxyl groups is 1. The summed E-state index contributed by atoms with van der Waals surface area (Å²) in [6, 6.07) is 4.28. The van der Waals surface area contributed by atoms with Crippen molar-refractivity contribution in [1.29, 1.82) is 0 Å². The SMILES string of the molecule is OCc1ccc2c(ncn2C2CCOCC2)n1. The fourth-order valence-electron chi connectivity index (χ4n) is 2.30. The molecule has 2 aromatic rings. The number of aromatic nitrogens is 3. The van der Waals surface area contributed by atoms with Gasteiger partial charge in [-0.1, -0.05) is 0 Å². The van der Waals surface area contributed by atoms with Crippen molar-refractivity contribution in [3.05, 3.63) is 24.2 Å². The van der Waals surface area contributed by atoms with Crippen LogP contribution in [0.5, 0.6) is 0 Å². The highest BCUT2D eigenvalue weighted by Gasteiger charge is 2.17. The molecule has 1 aliphatic rings. The van der Waals surface area contributed by atoms with Gasteiger partial charge in [-0.25, -0.2) is 9.97 Å². The average molecular weight is 233 g/mol. The Labute approximate surface area is 99.1 Å². The molecule has 0 aliphatic carbocycles. The van der Waals surface area contributed by atoms with Crippen LogP contribution < -0.4 is 0 Å². The minimum absolute atomic E-state index is 0.0416. The maximum absolute atomic E-state index is 9.04. The number of fused-ring (bicyclic) bond motifs is 1. The topological polar surface area (TPSA) is 60.2 Å². The molecule has 0 atom stereocenters. The Hall–Kier alpha value is -1.46. The summed E-state index contributed by atoms with van der Waals surface area (Å²) in [5, 5.41) is 9.04. The molecule has 0 amide bonds. The number of imidazole rings is 1. The highest BCUT2D eigenvalue weighted by molar-refractivity contribution is 5.71. The molecule has 0 spiro atoms.